The van der Waals surface area contributed by atoms with Crippen LogP contribution in [0.3, 0.4) is 0 Å². The summed E-state index contributed by atoms with van der Waals surface area (Å²) in [7, 11) is 0. The quantitative estimate of drug-likeness (QED) is 0.621. The fourth-order valence-corrected chi connectivity index (χ4v) is 3.40. The average Bonchev–Trinajstić information content (AvgIpc) is 2.78. The zero-order valence-electron chi connectivity index (χ0n) is 17.6. The molecule has 1 amide bonds. The number of piperazine rings is 1. The zero-order valence-corrected chi connectivity index (χ0v) is 17.6. The largest absolute Gasteiger partial charge is 0.494 e. The molecule has 0 bridgehead atoms. The third kappa shape index (κ3) is 6.59. The van der Waals surface area contributed by atoms with Crippen LogP contribution in [0.25, 0.3) is 0 Å². The van der Waals surface area contributed by atoms with E-state index in [1.807, 2.05) is 47.1 Å². The summed E-state index contributed by atoms with van der Waals surface area (Å²) in [6.07, 6.45) is 0. The molecular weight excluding hydrogens is 399 g/mol. The van der Waals surface area contributed by atoms with E-state index in [0.717, 1.165) is 11.5 Å². The van der Waals surface area contributed by atoms with Gasteiger partial charge in [0.05, 0.1) is 37.0 Å². The first-order valence-corrected chi connectivity index (χ1v) is 10.4. The third-order valence-corrected chi connectivity index (χ3v) is 4.98. The van der Waals surface area contributed by atoms with Crippen molar-refractivity contribution in [2.24, 2.45) is 0 Å². The van der Waals surface area contributed by atoms with Gasteiger partial charge in [-0.2, -0.15) is 5.26 Å². The van der Waals surface area contributed by atoms with Gasteiger partial charge in [-0.15, -0.1) is 0 Å². The normalized spacial score (nSPS) is 14.0. The molecule has 1 aliphatic heterocycles. The van der Waals surface area contributed by atoms with Crippen molar-refractivity contribution >= 4 is 11.6 Å². The number of hydrogen-bond donors (Lipinski definition) is 1. The topological polar surface area (TPSA) is 77.8 Å². The minimum atomic E-state index is -0.391. The summed E-state index contributed by atoms with van der Waals surface area (Å²) in [5, 5.41) is 11.7. The minimum absolute atomic E-state index is 0.0618. The molecule has 164 valence electrons. The van der Waals surface area contributed by atoms with Crippen molar-refractivity contribution in [1.82, 2.24) is 10.2 Å². The van der Waals surface area contributed by atoms with Gasteiger partial charge in [0.25, 0.3) is 0 Å². The SMILES string of the molecule is CCOc1ccc(OCCNC(=O)CN2CCN(c3ccc(C#N)cc3F)CC2)cc1. The van der Waals surface area contributed by atoms with Crippen molar-refractivity contribution < 1.29 is 18.7 Å². The fraction of sp³-hybridized carbons (Fsp3) is 0.391. The number of carbonyl (C=O) groups is 1. The molecule has 8 heteroatoms. The smallest absolute Gasteiger partial charge is 0.234 e. The molecule has 0 aliphatic carbocycles. The number of nitriles is 1. The van der Waals surface area contributed by atoms with Crippen LogP contribution in [0.1, 0.15) is 12.5 Å². The minimum Gasteiger partial charge on any atom is -0.494 e. The Hall–Kier alpha value is -3.31. The van der Waals surface area contributed by atoms with Crippen LogP contribution in [0.4, 0.5) is 10.1 Å². The second kappa shape index (κ2) is 11.2. The van der Waals surface area contributed by atoms with Crippen LogP contribution in [0, 0.1) is 17.1 Å². The summed E-state index contributed by atoms with van der Waals surface area (Å²) in [5.41, 5.74) is 0.803. The van der Waals surface area contributed by atoms with E-state index >= 15 is 0 Å². The van der Waals surface area contributed by atoms with Crippen LogP contribution in [0.5, 0.6) is 11.5 Å². The number of nitrogens with zero attached hydrogens (tertiary/aromatic N) is 3. The van der Waals surface area contributed by atoms with Gasteiger partial charge in [0.15, 0.2) is 0 Å². The Balaban J connectivity index is 1.34. The number of hydrogen-bond acceptors (Lipinski definition) is 6. The lowest BCUT2D eigenvalue weighted by molar-refractivity contribution is -0.122. The number of halogens is 1. The highest BCUT2D eigenvalue weighted by molar-refractivity contribution is 5.78. The number of ether oxygens (including phenoxy) is 2. The predicted octanol–water partition coefficient (Wildman–Crippen LogP) is 2.41. The highest BCUT2D eigenvalue weighted by atomic mass is 19.1. The number of rotatable bonds is 9. The van der Waals surface area contributed by atoms with Gasteiger partial charge >= 0.3 is 0 Å². The summed E-state index contributed by atoms with van der Waals surface area (Å²) >= 11 is 0. The van der Waals surface area contributed by atoms with Crippen LogP contribution in [0.2, 0.25) is 0 Å². The van der Waals surface area contributed by atoms with Crippen molar-refractivity contribution in [2.45, 2.75) is 6.92 Å². The number of anilines is 1. The average molecular weight is 426 g/mol. The highest BCUT2D eigenvalue weighted by Gasteiger charge is 2.21. The number of amides is 1. The highest BCUT2D eigenvalue weighted by Crippen LogP contribution is 2.22. The maximum absolute atomic E-state index is 14.2. The fourth-order valence-electron chi connectivity index (χ4n) is 3.40. The molecule has 7 nitrogen and oxygen atoms in total. The lowest BCUT2D eigenvalue weighted by Crippen LogP contribution is -2.50. The first-order valence-electron chi connectivity index (χ1n) is 10.4. The van der Waals surface area contributed by atoms with Gasteiger partial charge in [-0.25, -0.2) is 4.39 Å². The summed E-state index contributed by atoms with van der Waals surface area (Å²) < 4.78 is 25.2. The third-order valence-electron chi connectivity index (χ3n) is 4.98. The molecule has 0 spiro atoms. The lowest BCUT2D eigenvalue weighted by Gasteiger charge is -2.35. The summed E-state index contributed by atoms with van der Waals surface area (Å²) in [5.74, 6) is 1.07. The molecule has 1 aliphatic rings. The summed E-state index contributed by atoms with van der Waals surface area (Å²) in [6.45, 7) is 6.22. The van der Waals surface area contributed by atoms with E-state index in [1.54, 1.807) is 12.1 Å². The maximum atomic E-state index is 14.2. The summed E-state index contributed by atoms with van der Waals surface area (Å²) in [6, 6.07) is 13.8. The van der Waals surface area contributed by atoms with Crippen molar-refractivity contribution in [3.8, 4) is 17.6 Å². The van der Waals surface area contributed by atoms with E-state index in [-0.39, 0.29) is 5.91 Å². The molecule has 3 rings (SSSR count). The van der Waals surface area contributed by atoms with Crippen molar-refractivity contribution in [2.75, 3.05) is 57.4 Å². The molecule has 31 heavy (non-hydrogen) atoms. The molecule has 1 heterocycles. The first kappa shape index (κ1) is 22.4. The standard InChI is InChI=1S/C23H27FN4O3/c1-2-30-19-4-6-20(7-5-19)31-14-9-26-23(29)17-27-10-12-28(13-11-27)22-8-3-18(16-25)15-21(22)24/h3-8,15H,2,9-14,17H2,1H3,(H,26,29). The van der Waals surface area contributed by atoms with E-state index in [2.05, 4.69) is 5.32 Å². The Labute approximate surface area is 182 Å². The van der Waals surface area contributed by atoms with Gasteiger partial charge in [0.2, 0.25) is 5.91 Å². The molecule has 0 unspecified atom stereocenters. The van der Waals surface area contributed by atoms with E-state index < -0.39 is 5.82 Å². The van der Waals surface area contributed by atoms with E-state index in [9.17, 15) is 9.18 Å². The van der Waals surface area contributed by atoms with Crippen LogP contribution in [-0.4, -0.2) is 63.3 Å². The Kier molecular flexibility index (Phi) is 8.07. The monoisotopic (exact) mass is 426 g/mol. The van der Waals surface area contributed by atoms with E-state index in [4.69, 9.17) is 14.7 Å². The summed E-state index contributed by atoms with van der Waals surface area (Å²) in [4.78, 5) is 16.2. The first-order chi connectivity index (χ1) is 15.1. The van der Waals surface area contributed by atoms with Gasteiger partial charge < -0.3 is 19.7 Å². The molecule has 0 aromatic heterocycles. The lowest BCUT2D eigenvalue weighted by atomic mass is 10.2. The molecule has 1 N–H and O–H groups in total. The molecule has 0 radical (unpaired) electrons. The Bertz CT molecular complexity index is 906. The van der Waals surface area contributed by atoms with Gasteiger partial charge in [0, 0.05) is 26.2 Å². The Morgan fingerprint density at radius 2 is 1.77 bits per heavy atom. The Morgan fingerprint density at radius 3 is 2.39 bits per heavy atom. The molecule has 1 saturated heterocycles. The maximum Gasteiger partial charge on any atom is 0.234 e. The van der Waals surface area contributed by atoms with Gasteiger partial charge in [-0.3, -0.25) is 9.69 Å². The van der Waals surface area contributed by atoms with Crippen LogP contribution in [-0.2, 0) is 4.79 Å². The van der Waals surface area contributed by atoms with Crippen molar-refractivity contribution in [1.29, 1.82) is 5.26 Å². The van der Waals surface area contributed by atoms with Crippen LogP contribution < -0.4 is 19.7 Å². The molecule has 0 saturated carbocycles. The van der Waals surface area contributed by atoms with Crippen molar-refractivity contribution in [3.63, 3.8) is 0 Å². The Morgan fingerprint density at radius 1 is 1.10 bits per heavy atom. The van der Waals surface area contributed by atoms with E-state index in [0.29, 0.717) is 63.7 Å². The molecule has 0 atom stereocenters. The number of nitrogens with one attached hydrogen (secondary N) is 1. The number of carbonyl (C=O) groups excluding carboxylic acids is 1. The van der Waals surface area contributed by atoms with Crippen molar-refractivity contribution in [3.05, 3.63) is 53.8 Å². The molecule has 2 aromatic rings. The van der Waals surface area contributed by atoms with Crippen LogP contribution >= 0.6 is 0 Å². The van der Waals surface area contributed by atoms with Crippen LogP contribution in [0.15, 0.2) is 42.5 Å². The van der Waals surface area contributed by atoms with Gasteiger partial charge in [-0.1, -0.05) is 0 Å². The zero-order chi connectivity index (χ0) is 22.1. The van der Waals surface area contributed by atoms with Gasteiger partial charge in [0.1, 0.15) is 23.9 Å². The van der Waals surface area contributed by atoms with Gasteiger partial charge in [-0.05, 0) is 49.4 Å². The molecule has 1 fully saturated rings. The predicted molar refractivity (Wildman–Crippen MR) is 116 cm³/mol. The second-order valence-electron chi connectivity index (χ2n) is 7.14. The molecule has 2 aromatic carbocycles. The van der Waals surface area contributed by atoms with E-state index in [1.165, 1.54) is 6.07 Å². The molecular formula is C23H27FN4O3. The second-order valence-corrected chi connectivity index (χ2v) is 7.14. The number of benzene rings is 2.